The molecule has 2 heterocycles. The molecule has 98 valence electrons. The largest absolute Gasteiger partial charge is 0.342 e. The molecule has 0 radical (unpaired) electrons. The van der Waals surface area contributed by atoms with Crippen molar-refractivity contribution < 1.29 is 0 Å². The van der Waals surface area contributed by atoms with Gasteiger partial charge in [0.15, 0.2) is 0 Å². The summed E-state index contributed by atoms with van der Waals surface area (Å²) in [5, 5.41) is 14.8. The van der Waals surface area contributed by atoms with Crippen molar-refractivity contribution >= 4 is 11.3 Å². The first-order valence-electron chi connectivity index (χ1n) is 6.63. The van der Waals surface area contributed by atoms with Gasteiger partial charge in [-0.1, -0.05) is 0 Å². The number of nitrogens with one attached hydrogen (secondary N) is 1. The summed E-state index contributed by atoms with van der Waals surface area (Å²) < 4.78 is 1.88. The highest BCUT2D eigenvalue weighted by atomic mass is 32.1. The molecule has 0 aromatic carbocycles. The van der Waals surface area contributed by atoms with E-state index in [1.54, 1.807) is 0 Å². The fourth-order valence-corrected chi connectivity index (χ4v) is 3.77. The van der Waals surface area contributed by atoms with Crippen LogP contribution in [0.5, 0.6) is 0 Å². The van der Waals surface area contributed by atoms with E-state index in [1.807, 2.05) is 35.2 Å². The van der Waals surface area contributed by atoms with Crippen molar-refractivity contribution in [1.82, 2.24) is 9.88 Å². The molecule has 0 bridgehead atoms. The van der Waals surface area contributed by atoms with Crippen LogP contribution in [0.15, 0.2) is 23.7 Å². The van der Waals surface area contributed by atoms with Crippen molar-refractivity contribution in [3.8, 4) is 6.07 Å². The molecule has 2 aromatic rings. The lowest BCUT2D eigenvalue weighted by Gasteiger charge is -2.23. The van der Waals surface area contributed by atoms with Crippen molar-refractivity contribution in [2.24, 2.45) is 7.05 Å². The third-order valence-corrected chi connectivity index (χ3v) is 4.78. The number of nitriles is 1. The van der Waals surface area contributed by atoms with Gasteiger partial charge in [-0.05, 0) is 47.9 Å². The highest BCUT2D eigenvalue weighted by Crippen LogP contribution is 2.33. The Morgan fingerprint density at radius 2 is 2.47 bits per heavy atom. The van der Waals surface area contributed by atoms with Gasteiger partial charge in [-0.2, -0.15) is 5.26 Å². The molecule has 1 aliphatic carbocycles. The average Bonchev–Trinajstić information content (AvgIpc) is 3.02. The quantitative estimate of drug-likeness (QED) is 0.931. The Kier molecular flexibility index (Phi) is 3.41. The second-order valence-electron chi connectivity index (χ2n) is 5.08. The maximum atomic E-state index is 8.96. The number of nitrogens with zero attached hydrogens (tertiary/aromatic N) is 2. The van der Waals surface area contributed by atoms with Crippen LogP contribution in [0, 0.1) is 11.3 Å². The van der Waals surface area contributed by atoms with Gasteiger partial charge >= 0.3 is 0 Å². The number of rotatable bonds is 3. The van der Waals surface area contributed by atoms with Crippen LogP contribution in [0.1, 0.15) is 40.6 Å². The van der Waals surface area contributed by atoms with Gasteiger partial charge in [0.1, 0.15) is 11.8 Å². The Labute approximate surface area is 117 Å². The molecule has 4 heteroatoms. The molecule has 19 heavy (non-hydrogen) atoms. The van der Waals surface area contributed by atoms with Crippen LogP contribution in [0.2, 0.25) is 0 Å². The SMILES string of the molecule is Cn1cc(CNC2CCCc3sccc32)cc1C#N. The molecule has 2 aromatic heterocycles. The van der Waals surface area contributed by atoms with Gasteiger partial charge in [0, 0.05) is 30.7 Å². The number of hydrogen-bond acceptors (Lipinski definition) is 3. The summed E-state index contributed by atoms with van der Waals surface area (Å²) in [4.78, 5) is 1.54. The highest BCUT2D eigenvalue weighted by molar-refractivity contribution is 7.10. The van der Waals surface area contributed by atoms with Gasteiger partial charge in [0.2, 0.25) is 0 Å². The van der Waals surface area contributed by atoms with E-state index in [0.29, 0.717) is 6.04 Å². The summed E-state index contributed by atoms with van der Waals surface area (Å²) in [6, 6.07) is 6.89. The van der Waals surface area contributed by atoms with Crippen LogP contribution < -0.4 is 5.32 Å². The number of fused-ring (bicyclic) bond motifs is 1. The van der Waals surface area contributed by atoms with Gasteiger partial charge in [-0.25, -0.2) is 0 Å². The van der Waals surface area contributed by atoms with E-state index < -0.39 is 0 Å². The van der Waals surface area contributed by atoms with E-state index in [1.165, 1.54) is 35.3 Å². The van der Waals surface area contributed by atoms with Crippen molar-refractivity contribution in [3.63, 3.8) is 0 Å². The molecule has 1 unspecified atom stereocenters. The van der Waals surface area contributed by atoms with Crippen molar-refractivity contribution in [2.75, 3.05) is 0 Å². The summed E-state index contributed by atoms with van der Waals surface area (Å²) in [6.45, 7) is 0.829. The van der Waals surface area contributed by atoms with Gasteiger partial charge < -0.3 is 9.88 Å². The zero-order valence-electron chi connectivity index (χ0n) is 11.0. The minimum Gasteiger partial charge on any atom is -0.342 e. The van der Waals surface area contributed by atoms with E-state index in [-0.39, 0.29) is 0 Å². The Morgan fingerprint density at radius 3 is 3.26 bits per heavy atom. The van der Waals surface area contributed by atoms with E-state index in [9.17, 15) is 0 Å². The van der Waals surface area contributed by atoms with E-state index >= 15 is 0 Å². The highest BCUT2D eigenvalue weighted by Gasteiger charge is 2.20. The second kappa shape index (κ2) is 5.20. The first-order valence-corrected chi connectivity index (χ1v) is 7.51. The second-order valence-corrected chi connectivity index (χ2v) is 6.08. The lowest BCUT2D eigenvalue weighted by atomic mass is 9.94. The molecule has 0 amide bonds. The Morgan fingerprint density at radius 1 is 1.58 bits per heavy atom. The molecule has 3 nitrogen and oxygen atoms in total. The monoisotopic (exact) mass is 271 g/mol. The molecule has 1 atom stereocenters. The van der Waals surface area contributed by atoms with Crippen molar-refractivity contribution in [3.05, 3.63) is 45.4 Å². The summed E-state index contributed by atoms with van der Waals surface area (Å²) in [5.41, 5.74) is 3.38. The molecule has 0 fully saturated rings. The Bertz CT molecular complexity index is 618. The van der Waals surface area contributed by atoms with E-state index in [2.05, 4.69) is 22.8 Å². The number of aryl methyl sites for hydroxylation is 2. The number of aromatic nitrogens is 1. The minimum atomic E-state index is 0.473. The maximum Gasteiger partial charge on any atom is 0.120 e. The first-order chi connectivity index (χ1) is 9.28. The molecular formula is C15H17N3S. The Balaban J connectivity index is 1.69. The average molecular weight is 271 g/mol. The lowest BCUT2D eigenvalue weighted by molar-refractivity contribution is 0.463. The van der Waals surface area contributed by atoms with Crippen LogP contribution >= 0.6 is 11.3 Å². The maximum absolute atomic E-state index is 8.96. The summed E-state index contributed by atoms with van der Waals surface area (Å²) >= 11 is 1.87. The standard InChI is InChI=1S/C15H17N3S/c1-18-10-11(7-12(18)8-16)9-17-14-3-2-4-15-13(14)5-6-19-15/h5-7,10,14,17H,2-4,9H2,1H3. The fraction of sp³-hybridized carbons (Fsp3) is 0.400. The molecule has 3 rings (SSSR count). The van der Waals surface area contributed by atoms with Crippen molar-refractivity contribution in [2.45, 2.75) is 31.8 Å². The smallest absolute Gasteiger partial charge is 0.120 e. The fourth-order valence-electron chi connectivity index (χ4n) is 2.78. The third-order valence-electron chi connectivity index (χ3n) is 3.78. The van der Waals surface area contributed by atoms with Crippen molar-refractivity contribution in [1.29, 1.82) is 5.26 Å². The third kappa shape index (κ3) is 2.44. The summed E-state index contributed by atoms with van der Waals surface area (Å²) in [7, 11) is 1.92. The van der Waals surface area contributed by atoms with Crippen LogP contribution in [-0.4, -0.2) is 4.57 Å². The van der Waals surface area contributed by atoms with E-state index in [0.717, 1.165) is 12.2 Å². The van der Waals surface area contributed by atoms with E-state index in [4.69, 9.17) is 5.26 Å². The van der Waals surface area contributed by atoms with Crippen LogP contribution in [0.4, 0.5) is 0 Å². The molecule has 0 spiro atoms. The molecule has 0 saturated heterocycles. The molecule has 0 saturated carbocycles. The van der Waals surface area contributed by atoms with Crippen LogP contribution in [0.3, 0.4) is 0 Å². The van der Waals surface area contributed by atoms with Gasteiger partial charge in [0.25, 0.3) is 0 Å². The number of thiophene rings is 1. The van der Waals surface area contributed by atoms with Gasteiger partial charge in [0.05, 0.1) is 0 Å². The summed E-state index contributed by atoms with van der Waals surface area (Å²) in [5.74, 6) is 0. The predicted molar refractivity (Wildman–Crippen MR) is 77.0 cm³/mol. The zero-order valence-corrected chi connectivity index (χ0v) is 11.8. The first kappa shape index (κ1) is 12.5. The number of hydrogen-bond donors (Lipinski definition) is 1. The van der Waals surface area contributed by atoms with Gasteiger partial charge in [-0.15, -0.1) is 11.3 Å². The Hall–Kier alpha value is -1.57. The minimum absolute atomic E-state index is 0.473. The van der Waals surface area contributed by atoms with Crippen LogP contribution in [0.25, 0.3) is 0 Å². The molecule has 1 N–H and O–H groups in total. The summed E-state index contributed by atoms with van der Waals surface area (Å²) in [6.07, 6.45) is 5.74. The molecule has 1 aliphatic rings. The van der Waals surface area contributed by atoms with Crippen LogP contribution in [-0.2, 0) is 20.0 Å². The lowest BCUT2D eigenvalue weighted by Crippen LogP contribution is -2.23. The normalized spacial score (nSPS) is 18.0. The topological polar surface area (TPSA) is 40.8 Å². The molecule has 0 aliphatic heterocycles. The zero-order chi connectivity index (χ0) is 13.2. The van der Waals surface area contributed by atoms with Gasteiger partial charge in [-0.3, -0.25) is 0 Å². The predicted octanol–water partition coefficient (Wildman–Crippen LogP) is 3.13. The molecular weight excluding hydrogens is 254 g/mol.